The molecule has 2 saturated heterocycles. The molecule has 0 saturated carbocycles. The van der Waals surface area contributed by atoms with Crippen LogP contribution in [-0.4, -0.2) is 106 Å². The predicted molar refractivity (Wildman–Crippen MR) is 106 cm³/mol. The number of likely N-dealkylation sites (N-methyl/N-ethyl adjacent to an activating group) is 1. The van der Waals surface area contributed by atoms with Crippen LogP contribution >= 0.6 is 0 Å². The van der Waals surface area contributed by atoms with Crippen LogP contribution < -0.4 is 0 Å². The summed E-state index contributed by atoms with van der Waals surface area (Å²) in [5, 5.41) is 0. The molecular formula is C19H30N4O4S. The zero-order valence-electron chi connectivity index (χ0n) is 16.7. The van der Waals surface area contributed by atoms with Crippen molar-refractivity contribution < 1.29 is 17.9 Å². The maximum absolute atomic E-state index is 12.8. The first-order valence-electron chi connectivity index (χ1n) is 9.68. The second-order valence-electron chi connectivity index (χ2n) is 7.50. The zero-order valence-corrected chi connectivity index (χ0v) is 17.5. The Bertz CT molecular complexity index is 770. The number of carbonyl (C=O) groups is 1. The van der Waals surface area contributed by atoms with E-state index in [-0.39, 0.29) is 5.91 Å². The van der Waals surface area contributed by atoms with Crippen molar-refractivity contribution in [3.63, 3.8) is 0 Å². The summed E-state index contributed by atoms with van der Waals surface area (Å²) < 4.78 is 32.4. The van der Waals surface area contributed by atoms with Gasteiger partial charge in [-0.15, -0.1) is 0 Å². The molecule has 2 heterocycles. The van der Waals surface area contributed by atoms with E-state index in [0.717, 1.165) is 31.7 Å². The van der Waals surface area contributed by atoms with Crippen molar-refractivity contribution in [2.24, 2.45) is 0 Å². The van der Waals surface area contributed by atoms with Gasteiger partial charge in [-0.2, -0.15) is 4.31 Å². The minimum Gasteiger partial charge on any atom is -0.379 e. The van der Waals surface area contributed by atoms with Crippen molar-refractivity contribution in [1.29, 1.82) is 0 Å². The van der Waals surface area contributed by atoms with Gasteiger partial charge in [-0.25, -0.2) is 8.42 Å². The first kappa shape index (κ1) is 21.2. The molecule has 2 aliphatic rings. The van der Waals surface area contributed by atoms with E-state index in [4.69, 9.17) is 4.74 Å². The van der Waals surface area contributed by atoms with Gasteiger partial charge >= 0.3 is 0 Å². The Kier molecular flexibility index (Phi) is 7.05. The molecule has 9 heteroatoms. The molecule has 28 heavy (non-hydrogen) atoms. The van der Waals surface area contributed by atoms with Crippen LogP contribution in [0, 0.1) is 0 Å². The first-order valence-corrected chi connectivity index (χ1v) is 11.1. The highest BCUT2D eigenvalue weighted by atomic mass is 32.2. The number of amides is 1. The topological polar surface area (TPSA) is 73.4 Å². The summed E-state index contributed by atoms with van der Waals surface area (Å²) in [6, 6.07) is 7.24. The molecule has 0 N–H and O–H groups in total. The van der Waals surface area contributed by atoms with Gasteiger partial charge in [0.05, 0.1) is 24.7 Å². The van der Waals surface area contributed by atoms with Crippen LogP contribution in [0.2, 0.25) is 0 Å². The maximum atomic E-state index is 12.8. The lowest BCUT2D eigenvalue weighted by molar-refractivity contribution is -0.130. The average molecular weight is 411 g/mol. The highest BCUT2D eigenvalue weighted by Gasteiger charge is 2.26. The molecule has 0 spiro atoms. The van der Waals surface area contributed by atoms with Crippen LogP contribution in [-0.2, 0) is 26.1 Å². The van der Waals surface area contributed by atoms with Gasteiger partial charge in [0, 0.05) is 59.9 Å². The van der Waals surface area contributed by atoms with Gasteiger partial charge in [-0.05, 0) is 17.7 Å². The van der Waals surface area contributed by atoms with E-state index in [0.29, 0.717) is 44.3 Å². The molecule has 1 aromatic rings. The molecule has 0 aromatic heterocycles. The second kappa shape index (κ2) is 9.32. The summed E-state index contributed by atoms with van der Waals surface area (Å²) in [5.41, 5.74) is 0.993. The third-order valence-corrected chi connectivity index (χ3v) is 7.13. The first-order chi connectivity index (χ1) is 13.4. The molecule has 0 atom stereocenters. The monoisotopic (exact) mass is 410 g/mol. The average Bonchev–Trinajstić information content (AvgIpc) is 2.70. The van der Waals surface area contributed by atoms with E-state index >= 15 is 0 Å². The highest BCUT2D eigenvalue weighted by molar-refractivity contribution is 7.89. The SMILES string of the molecule is CN(C)C(=O)CN1CCN(Cc2cccc(S(=O)(=O)N3CCOCC3)c2)CC1. The number of nitrogens with zero attached hydrogens (tertiary/aromatic N) is 4. The summed E-state index contributed by atoms with van der Waals surface area (Å²) in [6.45, 7) is 6.26. The van der Waals surface area contributed by atoms with Crippen LogP contribution in [0.1, 0.15) is 5.56 Å². The minimum atomic E-state index is -3.47. The fourth-order valence-corrected chi connectivity index (χ4v) is 4.92. The molecule has 156 valence electrons. The molecule has 1 aromatic carbocycles. The molecular weight excluding hydrogens is 380 g/mol. The Morgan fingerprint density at radius 3 is 2.32 bits per heavy atom. The quantitative estimate of drug-likeness (QED) is 0.653. The number of ether oxygens (including phenoxy) is 1. The Labute approximate surface area is 167 Å². The summed E-state index contributed by atoms with van der Waals surface area (Å²) >= 11 is 0. The summed E-state index contributed by atoms with van der Waals surface area (Å²) in [7, 11) is 0.0774. The van der Waals surface area contributed by atoms with Gasteiger partial charge in [0.2, 0.25) is 15.9 Å². The Morgan fingerprint density at radius 1 is 1.04 bits per heavy atom. The molecule has 0 unspecified atom stereocenters. The number of hydrogen-bond donors (Lipinski definition) is 0. The molecule has 1 amide bonds. The van der Waals surface area contributed by atoms with Crippen LogP contribution in [0.4, 0.5) is 0 Å². The number of morpholine rings is 1. The van der Waals surface area contributed by atoms with Gasteiger partial charge < -0.3 is 9.64 Å². The Balaban J connectivity index is 1.57. The van der Waals surface area contributed by atoms with Crippen LogP contribution in [0.25, 0.3) is 0 Å². The van der Waals surface area contributed by atoms with E-state index < -0.39 is 10.0 Å². The molecule has 2 fully saturated rings. The molecule has 2 aliphatic heterocycles. The van der Waals surface area contributed by atoms with Gasteiger partial charge in [-0.1, -0.05) is 12.1 Å². The van der Waals surface area contributed by atoms with Gasteiger partial charge in [0.25, 0.3) is 0 Å². The molecule has 0 radical (unpaired) electrons. The molecule has 0 aliphatic carbocycles. The van der Waals surface area contributed by atoms with E-state index in [2.05, 4.69) is 9.80 Å². The standard InChI is InChI=1S/C19H30N4O4S/c1-20(2)19(24)16-22-8-6-21(7-9-22)15-17-4-3-5-18(14-17)28(25,26)23-10-12-27-13-11-23/h3-5,14H,6-13,15-16H2,1-2H3. The lowest BCUT2D eigenvalue weighted by Crippen LogP contribution is -2.48. The van der Waals surface area contributed by atoms with Gasteiger partial charge in [-0.3, -0.25) is 14.6 Å². The van der Waals surface area contributed by atoms with Crippen LogP contribution in [0.5, 0.6) is 0 Å². The van der Waals surface area contributed by atoms with Crippen LogP contribution in [0.15, 0.2) is 29.2 Å². The third kappa shape index (κ3) is 5.30. The fraction of sp³-hybridized carbons (Fsp3) is 0.632. The lowest BCUT2D eigenvalue weighted by Gasteiger charge is -2.34. The lowest BCUT2D eigenvalue weighted by atomic mass is 10.2. The second-order valence-corrected chi connectivity index (χ2v) is 9.44. The normalized spacial score (nSPS) is 20.2. The summed E-state index contributed by atoms with van der Waals surface area (Å²) in [4.78, 5) is 18.3. The maximum Gasteiger partial charge on any atom is 0.243 e. The molecule has 3 rings (SSSR count). The third-order valence-electron chi connectivity index (χ3n) is 5.24. The molecule has 0 bridgehead atoms. The Hall–Kier alpha value is -1.52. The number of piperazine rings is 1. The van der Waals surface area contributed by atoms with Crippen molar-refractivity contribution >= 4 is 15.9 Å². The number of sulfonamides is 1. The fourth-order valence-electron chi connectivity index (χ4n) is 3.44. The highest BCUT2D eigenvalue weighted by Crippen LogP contribution is 2.19. The largest absolute Gasteiger partial charge is 0.379 e. The summed E-state index contributed by atoms with van der Waals surface area (Å²) in [5.74, 6) is 0.120. The van der Waals surface area contributed by atoms with Crippen molar-refractivity contribution in [3.05, 3.63) is 29.8 Å². The number of hydrogen-bond acceptors (Lipinski definition) is 6. The number of carbonyl (C=O) groups excluding carboxylic acids is 1. The number of rotatable bonds is 6. The number of benzene rings is 1. The van der Waals surface area contributed by atoms with Crippen molar-refractivity contribution in [2.45, 2.75) is 11.4 Å². The Morgan fingerprint density at radius 2 is 1.68 bits per heavy atom. The minimum absolute atomic E-state index is 0.120. The van der Waals surface area contributed by atoms with Crippen LogP contribution in [0.3, 0.4) is 0 Å². The van der Waals surface area contributed by atoms with Gasteiger partial charge in [0.15, 0.2) is 0 Å². The van der Waals surface area contributed by atoms with Crippen molar-refractivity contribution in [3.8, 4) is 0 Å². The van der Waals surface area contributed by atoms with Crippen molar-refractivity contribution in [1.82, 2.24) is 19.0 Å². The van der Waals surface area contributed by atoms with E-state index in [1.165, 1.54) is 4.31 Å². The van der Waals surface area contributed by atoms with E-state index in [1.807, 2.05) is 12.1 Å². The summed E-state index contributed by atoms with van der Waals surface area (Å²) in [6.07, 6.45) is 0. The van der Waals surface area contributed by atoms with Gasteiger partial charge in [0.1, 0.15) is 0 Å². The predicted octanol–water partition coefficient (Wildman–Crippen LogP) is -0.0867. The van der Waals surface area contributed by atoms with Crippen molar-refractivity contribution in [2.75, 3.05) is 73.1 Å². The zero-order chi connectivity index (χ0) is 20.1. The van der Waals surface area contributed by atoms with E-state index in [9.17, 15) is 13.2 Å². The molecule has 8 nitrogen and oxygen atoms in total. The smallest absolute Gasteiger partial charge is 0.243 e. The van der Waals surface area contributed by atoms with E-state index in [1.54, 1.807) is 31.1 Å².